The van der Waals surface area contributed by atoms with Crippen molar-refractivity contribution in [2.45, 2.75) is 9.79 Å². The Morgan fingerprint density at radius 3 is 1.86 bits per heavy atom. The summed E-state index contributed by atoms with van der Waals surface area (Å²) in [4.78, 5) is -1.43. The van der Waals surface area contributed by atoms with Crippen molar-refractivity contribution in [3.8, 4) is 5.75 Å². The normalized spacial score (nSPS) is 11.5. The number of aromatic hydroxyl groups is 1. The fourth-order valence-electron chi connectivity index (χ4n) is 1.60. The van der Waals surface area contributed by atoms with E-state index in [0.717, 1.165) is 24.3 Å². The molecule has 0 radical (unpaired) electrons. The molecule has 11 heteroatoms. The number of fused-ring (bicyclic) bond motifs is 1. The molecule has 0 aliphatic carbocycles. The number of hydrogen-bond donors (Lipinski definition) is 1. The van der Waals surface area contributed by atoms with Crippen molar-refractivity contribution in [1.29, 1.82) is 0 Å². The number of rotatable bonds is 2. The summed E-state index contributed by atoms with van der Waals surface area (Å²) < 4.78 is 65.2. The second-order valence-corrected chi connectivity index (χ2v) is 6.46. The number of phenols is 1. The van der Waals surface area contributed by atoms with Crippen molar-refractivity contribution in [2.24, 2.45) is 0 Å². The number of benzene rings is 2. The van der Waals surface area contributed by atoms with E-state index < -0.39 is 35.8 Å². The van der Waals surface area contributed by atoms with Crippen LogP contribution < -0.4 is 0 Å². The third-order valence-corrected chi connectivity index (χ3v) is 4.14. The van der Waals surface area contributed by atoms with Crippen molar-refractivity contribution >= 4 is 31.0 Å². The molecule has 0 atom stereocenters. The fraction of sp³-hybridized carbons (Fsp3) is 0. The Morgan fingerprint density at radius 1 is 0.810 bits per heavy atom. The molecular formula is C10H6Ag2O7S2. The zero-order valence-corrected chi connectivity index (χ0v) is 14.3. The molecule has 0 aliphatic rings. The van der Waals surface area contributed by atoms with Gasteiger partial charge in [-0.05, 0) is 35.0 Å². The molecule has 1 N–H and O–H groups in total. The van der Waals surface area contributed by atoms with Crippen LogP contribution in [0.3, 0.4) is 0 Å². The van der Waals surface area contributed by atoms with E-state index in [1.165, 1.54) is 6.07 Å². The largest absolute Gasteiger partial charge is 1.00 e. The molecule has 2 rings (SSSR count). The van der Waals surface area contributed by atoms with E-state index in [9.17, 15) is 31.0 Å². The average molecular weight is 518 g/mol. The van der Waals surface area contributed by atoms with E-state index in [4.69, 9.17) is 0 Å². The molecule has 0 fully saturated rings. The SMILES string of the molecule is O=S(=O)([O-])c1ccc2cc(O)c(S(=O)(=O)[O-])cc2c1.[Ag+].[Ag+]. The Morgan fingerprint density at radius 2 is 1.38 bits per heavy atom. The zero-order valence-electron chi connectivity index (χ0n) is 9.70. The summed E-state index contributed by atoms with van der Waals surface area (Å²) in [5.41, 5.74) is 0. The molecule has 0 aliphatic heterocycles. The van der Waals surface area contributed by atoms with Crippen LogP contribution >= 0.6 is 0 Å². The molecule has 2 aromatic rings. The van der Waals surface area contributed by atoms with Gasteiger partial charge in [0.25, 0.3) is 0 Å². The minimum atomic E-state index is -4.90. The molecule has 0 spiro atoms. The topological polar surface area (TPSA) is 135 Å². The summed E-state index contributed by atoms with van der Waals surface area (Å²) in [5.74, 6) is -0.736. The van der Waals surface area contributed by atoms with Crippen molar-refractivity contribution in [3.05, 3.63) is 30.3 Å². The molecule has 2 aromatic carbocycles. The van der Waals surface area contributed by atoms with Gasteiger partial charge in [-0.15, -0.1) is 0 Å². The third kappa shape index (κ3) is 4.63. The maximum absolute atomic E-state index is 10.9. The Hall–Kier alpha value is -0.199. The number of hydrogen-bond acceptors (Lipinski definition) is 7. The van der Waals surface area contributed by atoms with Crippen molar-refractivity contribution < 1.29 is 75.8 Å². The van der Waals surface area contributed by atoms with Gasteiger partial charge in [0.2, 0.25) is 0 Å². The van der Waals surface area contributed by atoms with Crippen LogP contribution in [-0.4, -0.2) is 31.0 Å². The summed E-state index contributed by atoms with van der Waals surface area (Å²) in [6.45, 7) is 0. The first-order chi connectivity index (χ1) is 8.59. The second kappa shape index (κ2) is 6.92. The van der Waals surface area contributed by atoms with Crippen molar-refractivity contribution in [2.75, 3.05) is 0 Å². The summed E-state index contributed by atoms with van der Waals surface area (Å²) >= 11 is 0. The van der Waals surface area contributed by atoms with Gasteiger partial charge in [0.05, 0.1) is 9.79 Å². The van der Waals surface area contributed by atoms with Crippen LogP contribution in [0.25, 0.3) is 10.8 Å². The molecule has 0 saturated carbocycles. The van der Waals surface area contributed by atoms with Crippen LogP contribution in [0, 0.1) is 0 Å². The minimum Gasteiger partial charge on any atom is -0.744 e. The van der Waals surface area contributed by atoms with E-state index >= 15 is 0 Å². The monoisotopic (exact) mass is 516 g/mol. The minimum absolute atomic E-state index is 0. The summed E-state index contributed by atoms with van der Waals surface area (Å²) in [6, 6.07) is 5.01. The van der Waals surface area contributed by atoms with Gasteiger partial charge in [0.1, 0.15) is 26.0 Å². The van der Waals surface area contributed by atoms with Crippen molar-refractivity contribution in [1.82, 2.24) is 0 Å². The molecule has 0 bridgehead atoms. The van der Waals surface area contributed by atoms with Crippen molar-refractivity contribution in [3.63, 3.8) is 0 Å². The quantitative estimate of drug-likeness (QED) is 0.448. The molecule has 0 saturated heterocycles. The molecule has 0 aromatic heterocycles. The Balaban J connectivity index is 0.00000200. The van der Waals surface area contributed by atoms with Crippen LogP contribution in [0.4, 0.5) is 0 Å². The molecular weight excluding hydrogens is 512 g/mol. The fourth-order valence-corrected chi connectivity index (χ4v) is 2.69. The van der Waals surface area contributed by atoms with Gasteiger partial charge in [-0.3, -0.25) is 0 Å². The zero-order chi connectivity index (χ0) is 14.4. The van der Waals surface area contributed by atoms with E-state index in [0.29, 0.717) is 0 Å². The predicted octanol–water partition coefficient (Wildman–Crippen LogP) is 0.349. The average Bonchev–Trinajstić information content (AvgIpc) is 2.24. The summed E-state index contributed by atoms with van der Waals surface area (Å²) in [5, 5.41) is 9.75. The van der Waals surface area contributed by atoms with Gasteiger partial charge >= 0.3 is 44.8 Å². The van der Waals surface area contributed by atoms with E-state index in [-0.39, 0.29) is 55.5 Å². The van der Waals surface area contributed by atoms with Crippen LogP contribution in [0.1, 0.15) is 0 Å². The van der Waals surface area contributed by atoms with Gasteiger partial charge in [-0.2, -0.15) is 0 Å². The molecule has 0 heterocycles. The van der Waals surface area contributed by atoms with E-state index in [1.807, 2.05) is 0 Å². The van der Waals surface area contributed by atoms with Gasteiger partial charge in [-0.1, -0.05) is 6.07 Å². The standard InChI is InChI=1S/C10H8O7S2.2Ag/c11-9-4-6-1-2-8(18(12,13)14)3-7(6)5-10(9)19(15,16)17;;/h1-5,11H,(H,12,13,14)(H,15,16,17);;/q;2*+1/p-2. The number of phenolic OH excluding ortho intramolecular Hbond substituents is 1. The first kappa shape index (κ1) is 20.8. The Kier molecular flexibility index (Phi) is 6.85. The van der Waals surface area contributed by atoms with Crippen LogP contribution in [0.2, 0.25) is 0 Å². The first-order valence-electron chi connectivity index (χ1n) is 4.77. The summed E-state index contributed by atoms with van der Waals surface area (Å²) in [6.07, 6.45) is 0. The molecule has 7 nitrogen and oxygen atoms in total. The van der Waals surface area contributed by atoms with Gasteiger partial charge < -0.3 is 14.2 Å². The maximum Gasteiger partial charge on any atom is 1.00 e. The van der Waals surface area contributed by atoms with E-state index in [2.05, 4.69) is 0 Å². The van der Waals surface area contributed by atoms with Gasteiger partial charge in [-0.25, -0.2) is 16.8 Å². The second-order valence-electron chi connectivity index (χ2n) is 3.74. The molecule has 122 valence electrons. The van der Waals surface area contributed by atoms with Crippen LogP contribution in [0.5, 0.6) is 5.75 Å². The third-order valence-electron chi connectivity index (χ3n) is 2.45. The molecule has 21 heavy (non-hydrogen) atoms. The smallest absolute Gasteiger partial charge is 0.744 e. The van der Waals surface area contributed by atoms with Crippen LogP contribution in [-0.2, 0) is 65.0 Å². The Bertz CT molecular complexity index is 876. The van der Waals surface area contributed by atoms with Gasteiger partial charge in [0, 0.05) is 0 Å². The predicted molar refractivity (Wildman–Crippen MR) is 61.5 cm³/mol. The molecule has 0 amide bonds. The first-order valence-corrected chi connectivity index (χ1v) is 7.59. The van der Waals surface area contributed by atoms with Crippen LogP contribution in [0.15, 0.2) is 40.1 Å². The van der Waals surface area contributed by atoms with E-state index in [1.54, 1.807) is 0 Å². The Labute approximate surface area is 151 Å². The van der Waals surface area contributed by atoms with Gasteiger partial charge in [0.15, 0.2) is 0 Å². The summed E-state index contributed by atoms with van der Waals surface area (Å²) in [7, 11) is -9.59. The maximum atomic E-state index is 10.9. The molecule has 0 unspecified atom stereocenters.